The molecule has 2 unspecified atom stereocenters. The van der Waals surface area contributed by atoms with Crippen molar-refractivity contribution >= 4 is 41.3 Å². The standard InChI is InChI=1S/C18H25N3S.HI/c1-4-19-18(20-12-14(2)17-10-11-22-13-17)21-15(3)16-8-6-5-7-9-16;/h5-11,13-15H,4,12H2,1-3H3,(H2,19,20,21);1H. The molecule has 0 fully saturated rings. The molecule has 1 aromatic heterocycles. The van der Waals surface area contributed by atoms with Gasteiger partial charge < -0.3 is 10.6 Å². The maximum Gasteiger partial charge on any atom is 0.191 e. The van der Waals surface area contributed by atoms with Crippen LogP contribution in [0.4, 0.5) is 0 Å². The van der Waals surface area contributed by atoms with Gasteiger partial charge in [-0.25, -0.2) is 0 Å². The van der Waals surface area contributed by atoms with E-state index in [-0.39, 0.29) is 30.0 Å². The molecular weight excluding hydrogens is 417 g/mol. The zero-order chi connectivity index (χ0) is 15.8. The summed E-state index contributed by atoms with van der Waals surface area (Å²) in [5, 5.41) is 11.1. The van der Waals surface area contributed by atoms with Crippen molar-refractivity contribution in [2.24, 2.45) is 4.99 Å². The highest BCUT2D eigenvalue weighted by Crippen LogP contribution is 2.18. The van der Waals surface area contributed by atoms with Crippen LogP contribution in [0.3, 0.4) is 0 Å². The number of thiophene rings is 1. The van der Waals surface area contributed by atoms with Crippen LogP contribution in [0, 0.1) is 0 Å². The van der Waals surface area contributed by atoms with Crippen molar-refractivity contribution in [3.8, 4) is 0 Å². The van der Waals surface area contributed by atoms with Crippen molar-refractivity contribution < 1.29 is 0 Å². The molecule has 2 atom stereocenters. The third-order valence-corrected chi connectivity index (χ3v) is 4.33. The molecule has 0 bridgehead atoms. The summed E-state index contributed by atoms with van der Waals surface area (Å²) in [6.45, 7) is 8.11. The Hall–Kier alpha value is -1.08. The second-order valence-corrected chi connectivity index (χ2v) is 6.23. The van der Waals surface area contributed by atoms with Crippen molar-refractivity contribution in [1.82, 2.24) is 10.6 Å². The van der Waals surface area contributed by atoms with Gasteiger partial charge in [0.15, 0.2) is 5.96 Å². The van der Waals surface area contributed by atoms with Crippen LogP contribution in [0.1, 0.15) is 43.9 Å². The number of benzene rings is 1. The van der Waals surface area contributed by atoms with Gasteiger partial charge in [0.05, 0.1) is 6.04 Å². The van der Waals surface area contributed by atoms with Gasteiger partial charge in [-0.1, -0.05) is 37.3 Å². The lowest BCUT2D eigenvalue weighted by atomic mass is 10.1. The highest BCUT2D eigenvalue weighted by Gasteiger charge is 2.09. The van der Waals surface area contributed by atoms with Crippen LogP contribution in [0.15, 0.2) is 52.2 Å². The highest BCUT2D eigenvalue weighted by atomic mass is 127. The maximum absolute atomic E-state index is 4.73. The van der Waals surface area contributed by atoms with E-state index in [0.29, 0.717) is 5.92 Å². The maximum atomic E-state index is 4.73. The first-order valence-electron chi connectivity index (χ1n) is 7.82. The van der Waals surface area contributed by atoms with Gasteiger partial charge in [-0.15, -0.1) is 24.0 Å². The number of hydrogen-bond donors (Lipinski definition) is 2. The first-order valence-corrected chi connectivity index (χ1v) is 8.77. The van der Waals surface area contributed by atoms with E-state index in [1.165, 1.54) is 11.1 Å². The number of halogens is 1. The summed E-state index contributed by atoms with van der Waals surface area (Å²) in [6.07, 6.45) is 0. The van der Waals surface area contributed by atoms with E-state index in [1.807, 2.05) is 6.07 Å². The molecule has 0 aliphatic heterocycles. The number of nitrogens with zero attached hydrogens (tertiary/aromatic N) is 1. The molecule has 1 aromatic carbocycles. The third kappa shape index (κ3) is 6.51. The topological polar surface area (TPSA) is 36.4 Å². The monoisotopic (exact) mass is 443 g/mol. The van der Waals surface area contributed by atoms with E-state index < -0.39 is 0 Å². The summed E-state index contributed by atoms with van der Waals surface area (Å²) in [5.74, 6) is 1.31. The Morgan fingerprint density at radius 1 is 1.13 bits per heavy atom. The fraction of sp³-hybridized carbons (Fsp3) is 0.389. The number of aliphatic imine (C=N–C) groups is 1. The van der Waals surface area contributed by atoms with Gasteiger partial charge in [-0.05, 0) is 41.8 Å². The Morgan fingerprint density at radius 3 is 2.48 bits per heavy atom. The SMILES string of the molecule is CCNC(=NCC(C)c1ccsc1)NC(C)c1ccccc1.I. The van der Waals surface area contributed by atoms with Crippen molar-refractivity contribution in [1.29, 1.82) is 0 Å². The van der Waals surface area contributed by atoms with Gasteiger partial charge in [-0.2, -0.15) is 11.3 Å². The quantitative estimate of drug-likeness (QED) is 0.383. The van der Waals surface area contributed by atoms with Gasteiger partial charge in [0, 0.05) is 19.0 Å². The Kier molecular flexibility index (Phi) is 9.24. The lowest BCUT2D eigenvalue weighted by Gasteiger charge is -2.18. The summed E-state index contributed by atoms with van der Waals surface area (Å²) >= 11 is 1.74. The average molecular weight is 443 g/mol. The average Bonchev–Trinajstić information content (AvgIpc) is 3.08. The molecule has 3 nitrogen and oxygen atoms in total. The van der Waals surface area contributed by atoms with Gasteiger partial charge in [-0.3, -0.25) is 4.99 Å². The summed E-state index contributed by atoms with van der Waals surface area (Å²) in [4.78, 5) is 4.73. The predicted octanol–water partition coefficient (Wildman–Crippen LogP) is 4.79. The molecule has 2 rings (SSSR count). The fourth-order valence-electron chi connectivity index (χ4n) is 2.24. The summed E-state index contributed by atoms with van der Waals surface area (Å²) in [6, 6.07) is 12.8. The number of rotatable bonds is 6. The van der Waals surface area contributed by atoms with Crippen molar-refractivity contribution in [3.63, 3.8) is 0 Å². The molecule has 0 saturated carbocycles. The first kappa shape index (κ1) is 20.0. The summed E-state index contributed by atoms with van der Waals surface area (Å²) < 4.78 is 0. The van der Waals surface area contributed by atoms with Crippen LogP contribution < -0.4 is 10.6 Å². The highest BCUT2D eigenvalue weighted by molar-refractivity contribution is 14.0. The van der Waals surface area contributed by atoms with E-state index >= 15 is 0 Å². The molecule has 0 amide bonds. The minimum Gasteiger partial charge on any atom is -0.357 e. The van der Waals surface area contributed by atoms with E-state index in [9.17, 15) is 0 Å². The Morgan fingerprint density at radius 2 is 1.87 bits per heavy atom. The molecule has 1 heterocycles. The molecule has 0 spiro atoms. The second kappa shape index (κ2) is 10.6. The molecule has 2 N–H and O–H groups in total. The Labute approximate surface area is 160 Å². The molecule has 126 valence electrons. The van der Waals surface area contributed by atoms with Crippen molar-refractivity contribution in [2.75, 3.05) is 13.1 Å². The van der Waals surface area contributed by atoms with Crippen LogP contribution in [0.5, 0.6) is 0 Å². The third-order valence-electron chi connectivity index (χ3n) is 3.63. The van der Waals surface area contributed by atoms with Crippen molar-refractivity contribution in [3.05, 3.63) is 58.3 Å². The minimum absolute atomic E-state index is 0. The zero-order valence-electron chi connectivity index (χ0n) is 14.0. The normalized spacial score (nSPS) is 13.8. The van der Waals surface area contributed by atoms with E-state index in [1.54, 1.807) is 11.3 Å². The molecule has 0 aliphatic rings. The van der Waals surface area contributed by atoms with Crippen LogP contribution in [0.25, 0.3) is 0 Å². The summed E-state index contributed by atoms with van der Waals surface area (Å²) in [5.41, 5.74) is 2.62. The molecule has 23 heavy (non-hydrogen) atoms. The van der Waals surface area contributed by atoms with E-state index in [2.05, 4.69) is 72.5 Å². The first-order chi connectivity index (χ1) is 10.7. The molecule has 0 aliphatic carbocycles. The number of guanidine groups is 1. The van der Waals surface area contributed by atoms with Crippen LogP contribution in [-0.2, 0) is 0 Å². The fourth-order valence-corrected chi connectivity index (χ4v) is 3.02. The Balaban J connectivity index is 0.00000264. The molecule has 0 saturated heterocycles. The zero-order valence-corrected chi connectivity index (χ0v) is 17.1. The lowest BCUT2D eigenvalue weighted by Crippen LogP contribution is -2.39. The number of hydrogen-bond acceptors (Lipinski definition) is 2. The summed E-state index contributed by atoms with van der Waals surface area (Å²) in [7, 11) is 0. The lowest BCUT2D eigenvalue weighted by molar-refractivity contribution is 0.678. The van der Waals surface area contributed by atoms with E-state index in [4.69, 9.17) is 4.99 Å². The molecule has 5 heteroatoms. The molecule has 0 radical (unpaired) electrons. The van der Waals surface area contributed by atoms with Gasteiger partial charge in [0.2, 0.25) is 0 Å². The van der Waals surface area contributed by atoms with Crippen LogP contribution >= 0.6 is 35.3 Å². The largest absolute Gasteiger partial charge is 0.357 e. The van der Waals surface area contributed by atoms with Gasteiger partial charge >= 0.3 is 0 Å². The van der Waals surface area contributed by atoms with Crippen LogP contribution in [0.2, 0.25) is 0 Å². The van der Waals surface area contributed by atoms with E-state index in [0.717, 1.165) is 19.0 Å². The second-order valence-electron chi connectivity index (χ2n) is 5.45. The predicted molar refractivity (Wildman–Crippen MR) is 112 cm³/mol. The molecule has 2 aromatic rings. The Bertz CT molecular complexity index is 569. The smallest absolute Gasteiger partial charge is 0.191 e. The van der Waals surface area contributed by atoms with Gasteiger partial charge in [0.25, 0.3) is 0 Å². The minimum atomic E-state index is 0. The van der Waals surface area contributed by atoms with Crippen LogP contribution in [-0.4, -0.2) is 19.0 Å². The number of nitrogens with one attached hydrogen (secondary N) is 2. The van der Waals surface area contributed by atoms with Gasteiger partial charge in [0.1, 0.15) is 0 Å². The van der Waals surface area contributed by atoms with Crippen molar-refractivity contribution in [2.45, 2.75) is 32.7 Å². The molecular formula is C18H26IN3S.